The molecule has 1 fully saturated rings. The van der Waals surface area contributed by atoms with Crippen LogP contribution in [0.1, 0.15) is 6.92 Å². The summed E-state index contributed by atoms with van der Waals surface area (Å²) in [6, 6.07) is -0.671. The predicted molar refractivity (Wildman–Crippen MR) is 54.1 cm³/mol. The van der Waals surface area contributed by atoms with E-state index in [9.17, 15) is 9.59 Å². The van der Waals surface area contributed by atoms with Crippen LogP contribution in [0.15, 0.2) is 0 Å². The number of amides is 1. The molecule has 1 amide bonds. The lowest BCUT2D eigenvalue weighted by molar-refractivity contribution is -0.148. The number of aliphatic carboxylic acids is 1. The van der Waals surface area contributed by atoms with Gasteiger partial charge in [-0.1, -0.05) is 0 Å². The van der Waals surface area contributed by atoms with Gasteiger partial charge in [0, 0.05) is 5.75 Å². The smallest absolute Gasteiger partial charge is 0.327 e. The van der Waals surface area contributed by atoms with Crippen molar-refractivity contribution in [3.05, 3.63) is 0 Å². The van der Waals surface area contributed by atoms with Gasteiger partial charge in [0.2, 0.25) is 5.91 Å². The van der Waals surface area contributed by atoms with Gasteiger partial charge in [-0.2, -0.15) is 0 Å². The van der Waals surface area contributed by atoms with Crippen molar-refractivity contribution >= 4 is 23.6 Å². The standard InChI is InChI=1S/C8H14N2O3S/c1-5-10(7(11)3-9-2)6(4-14-5)8(12)13/h5-6,9H,3-4H2,1-2H3,(H,12,13). The Bertz CT molecular complexity index is 247. The third-order valence-electron chi connectivity index (χ3n) is 2.12. The summed E-state index contributed by atoms with van der Waals surface area (Å²) >= 11 is 1.49. The highest BCUT2D eigenvalue weighted by atomic mass is 32.2. The van der Waals surface area contributed by atoms with Crippen LogP contribution in [0.25, 0.3) is 0 Å². The molecule has 0 aromatic carbocycles. The van der Waals surface area contributed by atoms with Gasteiger partial charge in [0.1, 0.15) is 6.04 Å². The van der Waals surface area contributed by atoms with Crippen molar-refractivity contribution in [1.29, 1.82) is 0 Å². The lowest BCUT2D eigenvalue weighted by Crippen LogP contribution is -2.47. The molecule has 2 N–H and O–H groups in total. The molecule has 1 heterocycles. The molecular weight excluding hydrogens is 204 g/mol. The van der Waals surface area contributed by atoms with Crippen LogP contribution >= 0.6 is 11.8 Å². The minimum Gasteiger partial charge on any atom is -0.480 e. The largest absolute Gasteiger partial charge is 0.480 e. The maximum Gasteiger partial charge on any atom is 0.327 e. The van der Waals surface area contributed by atoms with Crippen LogP contribution in [0, 0.1) is 0 Å². The summed E-state index contributed by atoms with van der Waals surface area (Å²) in [5.74, 6) is -0.602. The molecule has 0 aromatic heterocycles. The first-order valence-corrected chi connectivity index (χ1v) is 5.43. The fourth-order valence-corrected chi connectivity index (χ4v) is 2.64. The summed E-state index contributed by atoms with van der Waals surface area (Å²) in [4.78, 5) is 23.8. The molecule has 0 aliphatic carbocycles. The monoisotopic (exact) mass is 218 g/mol. The molecule has 2 atom stereocenters. The molecule has 6 heteroatoms. The average molecular weight is 218 g/mol. The van der Waals surface area contributed by atoms with Gasteiger partial charge in [0.25, 0.3) is 0 Å². The van der Waals surface area contributed by atoms with Crippen molar-refractivity contribution in [3.63, 3.8) is 0 Å². The van der Waals surface area contributed by atoms with Crippen LogP contribution in [0.2, 0.25) is 0 Å². The molecule has 0 bridgehead atoms. The normalized spacial score (nSPS) is 26.6. The molecule has 0 radical (unpaired) electrons. The Balaban J connectivity index is 2.71. The van der Waals surface area contributed by atoms with Crippen LogP contribution in [0.3, 0.4) is 0 Å². The van der Waals surface area contributed by atoms with E-state index in [4.69, 9.17) is 5.11 Å². The Morgan fingerprint density at radius 3 is 2.79 bits per heavy atom. The van der Waals surface area contributed by atoms with E-state index in [0.717, 1.165) is 0 Å². The van der Waals surface area contributed by atoms with Gasteiger partial charge in [0.05, 0.1) is 11.9 Å². The number of carbonyl (C=O) groups is 2. The van der Waals surface area contributed by atoms with Gasteiger partial charge in [0.15, 0.2) is 0 Å². The number of nitrogens with zero attached hydrogens (tertiary/aromatic N) is 1. The maximum atomic E-state index is 11.6. The molecule has 1 aliphatic rings. The molecule has 5 nitrogen and oxygen atoms in total. The van der Waals surface area contributed by atoms with E-state index in [1.165, 1.54) is 16.7 Å². The second-order valence-corrected chi connectivity index (χ2v) is 4.47. The summed E-state index contributed by atoms with van der Waals surface area (Å²) in [6.45, 7) is 2.04. The van der Waals surface area contributed by atoms with E-state index in [1.54, 1.807) is 7.05 Å². The van der Waals surface area contributed by atoms with Crippen molar-refractivity contribution in [2.45, 2.75) is 18.3 Å². The quantitative estimate of drug-likeness (QED) is 0.673. The summed E-state index contributed by atoms with van der Waals surface area (Å²) < 4.78 is 0. The zero-order valence-corrected chi connectivity index (χ0v) is 9.00. The number of rotatable bonds is 3. The van der Waals surface area contributed by atoms with Crippen molar-refractivity contribution in [3.8, 4) is 0 Å². The van der Waals surface area contributed by atoms with E-state index >= 15 is 0 Å². The van der Waals surface area contributed by atoms with Gasteiger partial charge in [-0.3, -0.25) is 4.79 Å². The van der Waals surface area contributed by atoms with Crippen molar-refractivity contribution in [2.24, 2.45) is 0 Å². The zero-order chi connectivity index (χ0) is 10.7. The second kappa shape index (κ2) is 4.65. The van der Waals surface area contributed by atoms with Crippen LogP contribution in [-0.2, 0) is 9.59 Å². The first-order valence-electron chi connectivity index (χ1n) is 4.38. The molecule has 80 valence electrons. The predicted octanol–water partition coefficient (Wildman–Crippen LogP) is -0.420. The number of carboxylic acid groups (broad SMARTS) is 1. The van der Waals surface area contributed by atoms with E-state index < -0.39 is 12.0 Å². The minimum absolute atomic E-state index is 0.0445. The number of thioether (sulfide) groups is 1. The van der Waals surface area contributed by atoms with Crippen molar-refractivity contribution in [2.75, 3.05) is 19.3 Å². The fraction of sp³-hybridized carbons (Fsp3) is 0.750. The number of hydrogen-bond donors (Lipinski definition) is 2. The number of nitrogens with one attached hydrogen (secondary N) is 1. The molecule has 0 aromatic rings. The van der Waals surface area contributed by atoms with Gasteiger partial charge in [-0.15, -0.1) is 11.8 Å². The van der Waals surface area contributed by atoms with Crippen LogP contribution in [0.4, 0.5) is 0 Å². The number of carbonyl (C=O) groups excluding carboxylic acids is 1. The average Bonchev–Trinajstić information content (AvgIpc) is 2.47. The van der Waals surface area contributed by atoms with E-state index in [-0.39, 0.29) is 17.8 Å². The van der Waals surface area contributed by atoms with E-state index in [1.807, 2.05) is 6.92 Å². The molecule has 0 saturated carbocycles. The Morgan fingerprint density at radius 1 is 1.64 bits per heavy atom. The van der Waals surface area contributed by atoms with Gasteiger partial charge in [-0.25, -0.2) is 4.79 Å². The fourth-order valence-electron chi connectivity index (χ4n) is 1.45. The Morgan fingerprint density at radius 2 is 2.29 bits per heavy atom. The SMILES string of the molecule is CNCC(=O)N1C(C)SCC1C(=O)O. The van der Waals surface area contributed by atoms with Gasteiger partial charge < -0.3 is 15.3 Å². The highest BCUT2D eigenvalue weighted by Gasteiger charge is 2.38. The third kappa shape index (κ3) is 2.19. The van der Waals surface area contributed by atoms with Crippen LogP contribution in [-0.4, -0.2) is 52.6 Å². The Labute approximate surface area is 86.8 Å². The first kappa shape index (κ1) is 11.3. The van der Waals surface area contributed by atoms with Gasteiger partial charge in [-0.05, 0) is 14.0 Å². The number of likely N-dealkylation sites (N-methyl/N-ethyl adjacent to an activating group) is 1. The Hall–Kier alpha value is -0.750. The third-order valence-corrected chi connectivity index (χ3v) is 3.34. The topological polar surface area (TPSA) is 69.6 Å². The minimum atomic E-state index is -0.925. The molecule has 1 rings (SSSR count). The van der Waals surface area contributed by atoms with E-state index in [2.05, 4.69) is 5.32 Å². The molecular formula is C8H14N2O3S. The molecule has 0 spiro atoms. The summed E-state index contributed by atoms with van der Waals surface area (Å²) in [7, 11) is 1.67. The summed E-state index contributed by atoms with van der Waals surface area (Å²) in [5, 5.41) is 11.6. The second-order valence-electron chi connectivity index (χ2n) is 3.12. The van der Waals surface area contributed by atoms with Crippen LogP contribution in [0.5, 0.6) is 0 Å². The van der Waals surface area contributed by atoms with Crippen molar-refractivity contribution < 1.29 is 14.7 Å². The Kier molecular flexibility index (Phi) is 3.77. The highest BCUT2D eigenvalue weighted by Crippen LogP contribution is 2.28. The number of hydrogen-bond acceptors (Lipinski definition) is 4. The van der Waals surface area contributed by atoms with Crippen molar-refractivity contribution in [1.82, 2.24) is 10.2 Å². The first-order chi connectivity index (χ1) is 6.57. The van der Waals surface area contributed by atoms with Gasteiger partial charge >= 0.3 is 5.97 Å². The van der Waals surface area contributed by atoms with E-state index in [0.29, 0.717) is 5.75 Å². The summed E-state index contributed by atoms with van der Waals surface area (Å²) in [6.07, 6.45) is 0. The lowest BCUT2D eigenvalue weighted by Gasteiger charge is -2.24. The maximum absolute atomic E-state index is 11.6. The van der Waals surface area contributed by atoms with Crippen LogP contribution < -0.4 is 5.32 Å². The molecule has 14 heavy (non-hydrogen) atoms. The highest BCUT2D eigenvalue weighted by molar-refractivity contribution is 8.00. The molecule has 2 unspecified atom stereocenters. The summed E-state index contributed by atoms with van der Waals surface area (Å²) in [5.41, 5.74) is 0. The number of carboxylic acids is 1. The molecule has 1 saturated heterocycles. The zero-order valence-electron chi connectivity index (χ0n) is 8.19. The molecule has 1 aliphatic heterocycles. The lowest BCUT2D eigenvalue weighted by atomic mass is 10.3.